The van der Waals surface area contributed by atoms with Crippen LogP contribution in [0.5, 0.6) is 0 Å². The largest absolute Gasteiger partial charge is 0.478 e. The second-order valence-corrected chi connectivity index (χ2v) is 5.04. The van der Waals surface area contributed by atoms with Gasteiger partial charge >= 0.3 is 12.0 Å². The summed E-state index contributed by atoms with van der Waals surface area (Å²) in [6.45, 7) is 1.94. The number of hydrogen-bond acceptors (Lipinski definition) is 3. The van der Waals surface area contributed by atoms with Crippen molar-refractivity contribution in [1.29, 1.82) is 0 Å². The maximum atomic E-state index is 13.4. The van der Waals surface area contributed by atoms with Crippen LogP contribution in [0.25, 0.3) is 0 Å². The number of urea groups is 1. The first-order chi connectivity index (χ1) is 9.49. The zero-order chi connectivity index (χ0) is 15.1. The molecule has 0 fully saturated rings. The molecule has 0 aliphatic carbocycles. The zero-order valence-corrected chi connectivity index (χ0v) is 12.1. The number of rotatable bonds is 6. The van der Waals surface area contributed by atoms with E-state index in [1.807, 2.05) is 13.2 Å². The fraction of sp³-hybridized carbons (Fsp3) is 0.385. The monoisotopic (exact) mass is 300 g/mol. The first-order valence-electron chi connectivity index (χ1n) is 6.07. The number of carbonyl (C=O) groups excluding carboxylic acids is 1. The summed E-state index contributed by atoms with van der Waals surface area (Å²) < 4.78 is 13.4. The number of aromatic carboxylic acids is 1. The molecule has 0 bridgehead atoms. The highest BCUT2D eigenvalue weighted by molar-refractivity contribution is 7.98. The molecule has 1 rings (SSSR count). The summed E-state index contributed by atoms with van der Waals surface area (Å²) in [6.07, 6.45) is 2.68. The average molecular weight is 300 g/mol. The van der Waals surface area contributed by atoms with Crippen molar-refractivity contribution in [2.45, 2.75) is 19.4 Å². The SMILES string of the molecule is CCC(CSC)NC(=O)Nc1cccc(F)c1C(=O)O. The van der Waals surface area contributed by atoms with E-state index in [0.717, 1.165) is 18.2 Å². The molecule has 0 spiro atoms. The number of carbonyl (C=O) groups is 2. The van der Waals surface area contributed by atoms with Crippen LogP contribution in [-0.4, -0.2) is 35.2 Å². The minimum atomic E-state index is -1.42. The molecular weight excluding hydrogens is 283 g/mol. The highest BCUT2D eigenvalue weighted by Crippen LogP contribution is 2.18. The molecule has 0 aliphatic heterocycles. The smallest absolute Gasteiger partial charge is 0.340 e. The minimum Gasteiger partial charge on any atom is -0.478 e. The molecule has 0 radical (unpaired) electrons. The highest BCUT2D eigenvalue weighted by Gasteiger charge is 2.18. The molecule has 0 saturated heterocycles. The van der Waals surface area contributed by atoms with Crippen molar-refractivity contribution in [1.82, 2.24) is 5.32 Å². The van der Waals surface area contributed by atoms with E-state index in [9.17, 15) is 14.0 Å². The van der Waals surface area contributed by atoms with Crippen LogP contribution in [0.1, 0.15) is 23.7 Å². The van der Waals surface area contributed by atoms with Gasteiger partial charge in [-0.15, -0.1) is 0 Å². The second kappa shape index (κ2) is 7.74. The number of thioether (sulfide) groups is 1. The molecule has 2 amide bonds. The zero-order valence-electron chi connectivity index (χ0n) is 11.3. The van der Waals surface area contributed by atoms with Gasteiger partial charge in [-0.25, -0.2) is 14.0 Å². The van der Waals surface area contributed by atoms with E-state index in [4.69, 9.17) is 5.11 Å². The quantitative estimate of drug-likeness (QED) is 0.755. The molecule has 110 valence electrons. The van der Waals surface area contributed by atoms with Gasteiger partial charge in [-0.1, -0.05) is 13.0 Å². The van der Waals surface area contributed by atoms with Crippen molar-refractivity contribution in [2.75, 3.05) is 17.3 Å². The molecule has 0 heterocycles. The normalized spacial score (nSPS) is 11.8. The number of amides is 2. The van der Waals surface area contributed by atoms with E-state index in [0.29, 0.717) is 0 Å². The molecular formula is C13H17FN2O3S. The Morgan fingerprint density at radius 1 is 1.45 bits per heavy atom. The first-order valence-corrected chi connectivity index (χ1v) is 7.47. The van der Waals surface area contributed by atoms with Crippen LogP contribution < -0.4 is 10.6 Å². The van der Waals surface area contributed by atoms with E-state index >= 15 is 0 Å². The van der Waals surface area contributed by atoms with Crippen molar-refractivity contribution < 1.29 is 19.1 Å². The van der Waals surface area contributed by atoms with Crippen molar-refractivity contribution in [2.24, 2.45) is 0 Å². The Balaban J connectivity index is 2.80. The number of carboxylic acid groups (broad SMARTS) is 1. The third-order valence-corrected chi connectivity index (χ3v) is 3.41. The molecule has 5 nitrogen and oxygen atoms in total. The summed E-state index contributed by atoms with van der Waals surface area (Å²) in [5.74, 6) is -1.56. The lowest BCUT2D eigenvalue weighted by Crippen LogP contribution is -2.39. The molecule has 0 saturated carbocycles. The Morgan fingerprint density at radius 2 is 2.15 bits per heavy atom. The van der Waals surface area contributed by atoms with Gasteiger partial charge in [0.05, 0.1) is 5.69 Å². The predicted octanol–water partition coefficient (Wildman–Crippen LogP) is 2.79. The van der Waals surface area contributed by atoms with Gasteiger partial charge in [0, 0.05) is 11.8 Å². The maximum absolute atomic E-state index is 13.4. The Labute approximate surface area is 120 Å². The van der Waals surface area contributed by atoms with Gasteiger partial charge in [0.15, 0.2) is 0 Å². The number of nitrogens with one attached hydrogen (secondary N) is 2. The average Bonchev–Trinajstić information content (AvgIpc) is 2.37. The van der Waals surface area contributed by atoms with Gasteiger partial charge in [-0.05, 0) is 24.8 Å². The van der Waals surface area contributed by atoms with Crippen LogP contribution in [0, 0.1) is 5.82 Å². The molecule has 3 N–H and O–H groups in total. The summed E-state index contributed by atoms with van der Waals surface area (Å²) in [4.78, 5) is 22.8. The van der Waals surface area contributed by atoms with Crippen molar-refractivity contribution >= 4 is 29.4 Å². The number of benzene rings is 1. The molecule has 0 aliphatic rings. The highest BCUT2D eigenvalue weighted by atomic mass is 32.2. The van der Waals surface area contributed by atoms with E-state index < -0.39 is 23.4 Å². The van der Waals surface area contributed by atoms with Gasteiger partial charge in [-0.2, -0.15) is 11.8 Å². The fourth-order valence-electron chi connectivity index (χ4n) is 1.65. The van der Waals surface area contributed by atoms with E-state index in [1.165, 1.54) is 12.1 Å². The van der Waals surface area contributed by atoms with Crippen molar-refractivity contribution in [3.63, 3.8) is 0 Å². The van der Waals surface area contributed by atoms with Gasteiger partial charge in [0.1, 0.15) is 11.4 Å². The van der Waals surface area contributed by atoms with Crippen LogP contribution >= 0.6 is 11.8 Å². The van der Waals surface area contributed by atoms with Gasteiger partial charge in [0.25, 0.3) is 0 Å². The Hall–Kier alpha value is -1.76. The van der Waals surface area contributed by atoms with Crippen molar-refractivity contribution in [3.05, 3.63) is 29.6 Å². The molecule has 1 aromatic rings. The summed E-state index contributed by atoms with van der Waals surface area (Å²) >= 11 is 1.60. The first kappa shape index (κ1) is 16.3. The van der Waals surface area contributed by atoms with Crippen LogP contribution in [-0.2, 0) is 0 Å². The van der Waals surface area contributed by atoms with E-state index in [1.54, 1.807) is 11.8 Å². The Morgan fingerprint density at radius 3 is 2.70 bits per heavy atom. The lowest BCUT2D eigenvalue weighted by molar-refractivity contribution is 0.0693. The summed E-state index contributed by atoms with van der Waals surface area (Å²) in [5, 5.41) is 14.0. The molecule has 20 heavy (non-hydrogen) atoms. The van der Waals surface area contributed by atoms with Crippen LogP contribution in [0.4, 0.5) is 14.9 Å². The topological polar surface area (TPSA) is 78.4 Å². The van der Waals surface area contributed by atoms with Gasteiger partial charge in [0.2, 0.25) is 0 Å². The van der Waals surface area contributed by atoms with Gasteiger partial charge < -0.3 is 15.7 Å². The Bertz CT molecular complexity index is 497. The van der Waals surface area contributed by atoms with Crippen LogP contribution in [0.2, 0.25) is 0 Å². The number of anilines is 1. The number of carboxylic acids is 1. The lowest BCUT2D eigenvalue weighted by Gasteiger charge is -2.17. The third kappa shape index (κ3) is 4.41. The second-order valence-electron chi connectivity index (χ2n) is 4.13. The van der Waals surface area contributed by atoms with Crippen molar-refractivity contribution in [3.8, 4) is 0 Å². The summed E-state index contributed by atoms with van der Waals surface area (Å²) in [6, 6.07) is 3.17. The number of hydrogen-bond donors (Lipinski definition) is 3. The van der Waals surface area contributed by atoms with Gasteiger partial charge in [-0.3, -0.25) is 0 Å². The van der Waals surface area contributed by atoms with E-state index in [-0.39, 0.29) is 11.7 Å². The predicted molar refractivity (Wildman–Crippen MR) is 78.0 cm³/mol. The molecule has 1 aromatic carbocycles. The van der Waals surface area contributed by atoms with Crippen LogP contribution in [0.3, 0.4) is 0 Å². The lowest BCUT2D eigenvalue weighted by atomic mass is 10.1. The standard InChI is InChI=1S/C13H17FN2O3S/c1-3-8(7-20-2)15-13(19)16-10-6-4-5-9(14)11(10)12(17)18/h4-6,8H,3,7H2,1-2H3,(H,17,18)(H2,15,16,19). The number of halogens is 1. The fourth-order valence-corrected chi connectivity index (χ4v) is 2.37. The summed E-state index contributed by atoms with van der Waals surface area (Å²) in [5.41, 5.74) is -0.602. The van der Waals surface area contributed by atoms with E-state index in [2.05, 4.69) is 10.6 Å². The molecule has 0 aromatic heterocycles. The third-order valence-electron chi connectivity index (χ3n) is 2.67. The maximum Gasteiger partial charge on any atom is 0.340 e. The Kier molecular flexibility index (Phi) is 6.30. The molecule has 1 atom stereocenters. The van der Waals surface area contributed by atoms with Crippen LogP contribution in [0.15, 0.2) is 18.2 Å². The molecule has 7 heteroatoms. The minimum absolute atomic E-state index is 0.0214. The summed E-state index contributed by atoms with van der Waals surface area (Å²) in [7, 11) is 0. The molecule has 1 unspecified atom stereocenters.